The van der Waals surface area contributed by atoms with Gasteiger partial charge in [0.2, 0.25) is 0 Å². The lowest BCUT2D eigenvalue weighted by atomic mass is 10.2. The average molecular weight is 165 g/mol. The van der Waals surface area contributed by atoms with Gasteiger partial charge in [-0.1, -0.05) is 5.92 Å². The van der Waals surface area contributed by atoms with Crippen molar-refractivity contribution in [2.75, 3.05) is 6.61 Å². The van der Waals surface area contributed by atoms with Crippen molar-refractivity contribution in [3.63, 3.8) is 0 Å². The second-order valence-electron chi connectivity index (χ2n) is 2.30. The first-order valence-corrected chi connectivity index (χ1v) is 3.46. The fraction of sp³-hybridized carbons (Fsp3) is 0.222. The number of hydrogen-bond acceptors (Lipinski definition) is 2. The van der Waals surface area contributed by atoms with E-state index in [1.807, 2.05) is 0 Å². The van der Waals surface area contributed by atoms with Crippen molar-refractivity contribution in [2.45, 2.75) is 6.92 Å². The van der Waals surface area contributed by atoms with Crippen LogP contribution in [0.1, 0.15) is 11.3 Å². The van der Waals surface area contributed by atoms with Crippen molar-refractivity contribution in [1.82, 2.24) is 4.98 Å². The summed E-state index contributed by atoms with van der Waals surface area (Å²) >= 11 is 0. The van der Waals surface area contributed by atoms with E-state index in [4.69, 9.17) is 5.11 Å². The van der Waals surface area contributed by atoms with E-state index in [-0.39, 0.29) is 12.3 Å². The molecule has 0 aliphatic heterocycles. The van der Waals surface area contributed by atoms with Crippen LogP contribution in [0.3, 0.4) is 0 Å². The van der Waals surface area contributed by atoms with Crippen molar-refractivity contribution >= 4 is 0 Å². The molecule has 0 aliphatic rings. The molecule has 0 aromatic carbocycles. The van der Waals surface area contributed by atoms with Crippen molar-refractivity contribution in [3.8, 4) is 11.8 Å². The molecule has 0 amide bonds. The topological polar surface area (TPSA) is 33.1 Å². The molecule has 1 N–H and O–H groups in total. The molecule has 0 spiro atoms. The molecule has 3 heteroatoms. The molecular weight excluding hydrogens is 157 g/mol. The van der Waals surface area contributed by atoms with Gasteiger partial charge in [-0.05, 0) is 24.5 Å². The van der Waals surface area contributed by atoms with Crippen molar-refractivity contribution in [2.24, 2.45) is 0 Å². The molecule has 0 saturated heterocycles. The third-order valence-corrected chi connectivity index (χ3v) is 1.26. The molecule has 1 rings (SSSR count). The van der Waals surface area contributed by atoms with E-state index in [1.165, 1.54) is 12.3 Å². The second kappa shape index (κ2) is 3.84. The monoisotopic (exact) mass is 165 g/mol. The number of aliphatic hydroxyl groups excluding tert-OH is 1. The van der Waals surface area contributed by atoms with Gasteiger partial charge >= 0.3 is 0 Å². The number of hydrogen-bond donors (Lipinski definition) is 1. The molecule has 2 nitrogen and oxygen atoms in total. The van der Waals surface area contributed by atoms with Gasteiger partial charge in [0.05, 0.1) is 0 Å². The predicted octanol–water partition coefficient (Wildman–Crippen LogP) is 0.873. The Hall–Kier alpha value is -1.40. The first kappa shape index (κ1) is 8.69. The van der Waals surface area contributed by atoms with Crippen LogP contribution >= 0.6 is 0 Å². The Morgan fingerprint density at radius 1 is 1.67 bits per heavy atom. The number of aliphatic hydroxyl groups is 1. The smallest absolute Gasteiger partial charge is 0.157 e. The van der Waals surface area contributed by atoms with E-state index in [9.17, 15) is 4.39 Å². The molecule has 1 aromatic rings. The van der Waals surface area contributed by atoms with Crippen LogP contribution in [-0.4, -0.2) is 16.7 Å². The molecular formula is C9H8FNO. The molecule has 1 aromatic heterocycles. The Kier molecular flexibility index (Phi) is 2.78. The summed E-state index contributed by atoms with van der Waals surface area (Å²) in [7, 11) is 0. The number of aryl methyl sites for hydroxylation is 1. The van der Waals surface area contributed by atoms with E-state index in [0.29, 0.717) is 0 Å². The van der Waals surface area contributed by atoms with Crippen LogP contribution in [-0.2, 0) is 0 Å². The lowest BCUT2D eigenvalue weighted by Gasteiger charge is -1.93. The number of nitrogens with zero attached hydrogens (tertiary/aromatic N) is 1. The van der Waals surface area contributed by atoms with Crippen LogP contribution in [0.2, 0.25) is 0 Å². The zero-order valence-corrected chi connectivity index (χ0v) is 6.63. The standard InChI is InChI=1S/C9H8FNO/c1-7-5-8(10)9(11-6-7)3-2-4-12/h5-6,12H,4H2,1H3. The fourth-order valence-corrected chi connectivity index (χ4v) is 0.749. The maximum absolute atomic E-state index is 12.9. The Bertz CT molecular complexity index is 338. The summed E-state index contributed by atoms with van der Waals surface area (Å²) in [6.07, 6.45) is 1.53. The molecule has 0 saturated carbocycles. The van der Waals surface area contributed by atoms with Crippen LogP contribution in [0.4, 0.5) is 4.39 Å². The van der Waals surface area contributed by atoms with Gasteiger partial charge in [-0.15, -0.1) is 0 Å². The second-order valence-corrected chi connectivity index (χ2v) is 2.30. The van der Waals surface area contributed by atoms with Crippen LogP contribution < -0.4 is 0 Å². The zero-order chi connectivity index (χ0) is 8.97. The predicted molar refractivity (Wildman–Crippen MR) is 42.9 cm³/mol. The quantitative estimate of drug-likeness (QED) is 0.579. The number of aromatic nitrogens is 1. The summed E-state index contributed by atoms with van der Waals surface area (Å²) in [5.74, 6) is 4.28. The number of pyridine rings is 1. The van der Waals surface area contributed by atoms with Gasteiger partial charge in [-0.2, -0.15) is 0 Å². The van der Waals surface area contributed by atoms with E-state index in [2.05, 4.69) is 16.8 Å². The molecule has 0 unspecified atom stereocenters. The Morgan fingerprint density at radius 2 is 2.42 bits per heavy atom. The minimum absolute atomic E-state index is 0.0784. The summed E-state index contributed by atoms with van der Waals surface area (Å²) < 4.78 is 12.9. The maximum Gasteiger partial charge on any atom is 0.157 e. The summed E-state index contributed by atoms with van der Waals surface area (Å²) in [6, 6.07) is 1.36. The van der Waals surface area contributed by atoms with E-state index in [1.54, 1.807) is 6.92 Å². The van der Waals surface area contributed by atoms with Crippen molar-refractivity contribution < 1.29 is 9.50 Å². The minimum atomic E-state index is -0.448. The highest BCUT2D eigenvalue weighted by Gasteiger charge is 1.98. The van der Waals surface area contributed by atoms with Gasteiger partial charge in [-0.25, -0.2) is 9.37 Å². The fourth-order valence-electron chi connectivity index (χ4n) is 0.749. The van der Waals surface area contributed by atoms with Crippen LogP contribution in [0.5, 0.6) is 0 Å². The van der Waals surface area contributed by atoms with Crippen LogP contribution in [0.15, 0.2) is 12.3 Å². The summed E-state index contributed by atoms with van der Waals surface area (Å²) in [4.78, 5) is 3.76. The summed E-state index contributed by atoms with van der Waals surface area (Å²) in [6.45, 7) is 1.47. The molecule has 1 heterocycles. The molecule has 0 bridgehead atoms. The summed E-state index contributed by atoms with van der Waals surface area (Å²) in [5, 5.41) is 8.35. The third kappa shape index (κ3) is 2.04. The molecule has 62 valence electrons. The van der Waals surface area contributed by atoms with Gasteiger partial charge in [-0.3, -0.25) is 0 Å². The lowest BCUT2D eigenvalue weighted by molar-refractivity contribution is 0.350. The first-order valence-electron chi connectivity index (χ1n) is 3.46. The first-order chi connectivity index (χ1) is 5.74. The van der Waals surface area contributed by atoms with Crippen LogP contribution in [0, 0.1) is 24.6 Å². The van der Waals surface area contributed by atoms with Gasteiger partial charge in [0.25, 0.3) is 0 Å². The Morgan fingerprint density at radius 3 is 3.00 bits per heavy atom. The van der Waals surface area contributed by atoms with E-state index < -0.39 is 5.82 Å². The van der Waals surface area contributed by atoms with Crippen molar-refractivity contribution in [1.29, 1.82) is 0 Å². The Labute approximate surface area is 70.1 Å². The van der Waals surface area contributed by atoms with Crippen LogP contribution in [0.25, 0.3) is 0 Å². The third-order valence-electron chi connectivity index (χ3n) is 1.26. The van der Waals surface area contributed by atoms with Gasteiger partial charge < -0.3 is 5.11 Å². The molecule has 0 atom stereocenters. The van der Waals surface area contributed by atoms with Gasteiger partial charge in [0.15, 0.2) is 5.82 Å². The zero-order valence-electron chi connectivity index (χ0n) is 6.63. The highest BCUT2D eigenvalue weighted by atomic mass is 19.1. The van der Waals surface area contributed by atoms with Crippen molar-refractivity contribution in [3.05, 3.63) is 29.3 Å². The summed E-state index contributed by atoms with van der Waals surface area (Å²) in [5.41, 5.74) is 0.830. The van der Waals surface area contributed by atoms with Gasteiger partial charge in [0.1, 0.15) is 12.3 Å². The highest BCUT2D eigenvalue weighted by Crippen LogP contribution is 2.04. The molecule has 0 radical (unpaired) electrons. The van der Waals surface area contributed by atoms with Gasteiger partial charge in [0, 0.05) is 6.20 Å². The lowest BCUT2D eigenvalue weighted by Crippen LogP contribution is -1.90. The number of halogens is 1. The normalized spacial score (nSPS) is 8.92. The molecule has 0 aliphatic carbocycles. The molecule has 0 fully saturated rings. The largest absolute Gasteiger partial charge is 0.384 e. The SMILES string of the molecule is Cc1cnc(C#CCO)c(F)c1. The maximum atomic E-state index is 12.9. The minimum Gasteiger partial charge on any atom is -0.384 e. The number of rotatable bonds is 0. The Balaban J connectivity index is 3.01. The van der Waals surface area contributed by atoms with E-state index in [0.717, 1.165) is 5.56 Å². The average Bonchev–Trinajstić information content (AvgIpc) is 2.03. The molecule has 12 heavy (non-hydrogen) atoms. The van der Waals surface area contributed by atoms with E-state index >= 15 is 0 Å². The highest BCUT2D eigenvalue weighted by molar-refractivity contribution is 5.30.